The predicted molar refractivity (Wildman–Crippen MR) is 84.5 cm³/mol. The highest BCUT2D eigenvalue weighted by Crippen LogP contribution is 2.17. The molecule has 0 heterocycles. The molecule has 2 amide bonds. The van der Waals surface area contributed by atoms with Gasteiger partial charge in [0.15, 0.2) is 0 Å². The maximum atomic E-state index is 11.8. The van der Waals surface area contributed by atoms with Gasteiger partial charge in [0.25, 0.3) is 0 Å². The molecule has 0 aliphatic heterocycles. The molecule has 1 fully saturated rings. The molecule has 5 heteroatoms. The monoisotopic (exact) mass is 304 g/mol. The minimum Gasteiger partial charge on any atom is -0.491 e. The lowest BCUT2D eigenvalue weighted by molar-refractivity contribution is -0.139. The lowest BCUT2D eigenvalue weighted by atomic mass is 10.2. The first-order valence-corrected chi connectivity index (χ1v) is 7.89. The van der Waals surface area contributed by atoms with Crippen LogP contribution in [0.5, 0.6) is 5.75 Å². The summed E-state index contributed by atoms with van der Waals surface area (Å²) in [4.78, 5) is 23.5. The van der Waals surface area contributed by atoms with Crippen molar-refractivity contribution in [1.29, 1.82) is 0 Å². The summed E-state index contributed by atoms with van der Waals surface area (Å²) in [6.07, 6.45) is 4.31. The summed E-state index contributed by atoms with van der Waals surface area (Å²) in [6, 6.07) is 7.64. The first-order valence-electron chi connectivity index (χ1n) is 7.89. The van der Waals surface area contributed by atoms with Gasteiger partial charge in [0.1, 0.15) is 5.75 Å². The fourth-order valence-corrected chi connectivity index (χ4v) is 2.54. The first-order chi connectivity index (χ1) is 10.5. The van der Waals surface area contributed by atoms with E-state index in [-0.39, 0.29) is 12.1 Å². The number of ether oxygens (including phenoxy) is 1. The second-order valence-electron chi connectivity index (χ2n) is 5.95. The van der Waals surface area contributed by atoms with Crippen molar-refractivity contribution in [3.05, 3.63) is 29.8 Å². The number of nitrogens with one attached hydrogen (secondary N) is 2. The van der Waals surface area contributed by atoms with Gasteiger partial charge < -0.3 is 15.4 Å². The van der Waals surface area contributed by atoms with Gasteiger partial charge in [-0.25, -0.2) is 0 Å². The number of rotatable bonds is 5. The van der Waals surface area contributed by atoms with E-state index in [4.69, 9.17) is 4.74 Å². The topological polar surface area (TPSA) is 67.4 Å². The molecule has 1 aliphatic carbocycles. The van der Waals surface area contributed by atoms with E-state index in [1.165, 1.54) is 0 Å². The fraction of sp³-hybridized carbons (Fsp3) is 0.529. The summed E-state index contributed by atoms with van der Waals surface area (Å²) in [5, 5.41) is 5.42. The summed E-state index contributed by atoms with van der Waals surface area (Å²) in [5.74, 6) is -0.315. The fourth-order valence-electron chi connectivity index (χ4n) is 2.54. The third-order valence-corrected chi connectivity index (χ3v) is 3.64. The molecule has 5 nitrogen and oxygen atoms in total. The van der Waals surface area contributed by atoms with E-state index >= 15 is 0 Å². The number of benzene rings is 1. The zero-order valence-electron chi connectivity index (χ0n) is 13.2. The van der Waals surface area contributed by atoms with Crippen molar-refractivity contribution in [2.24, 2.45) is 0 Å². The average molecular weight is 304 g/mol. The van der Waals surface area contributed by atoms with Gasteiger partial charge in [-0.1, -0.05) is 25.0 Å². The molecule has 0 aromatic heterocycles. The average Bonchev–Trinajstić information content (AvgIpc) is 2.98. The van der Waals surface area contributed by atoms with Crippen LogP contribution in [0.2, 0.25) is 0 Å². The normalized spacial score (nSPS) is 14.9. The van der Waals surface area contributed by atoms with Crippen LogP contribution in [0.3, 0.4) is 0 Å². The third-order valence-electron chi connectivity index (χ3n) is 3.64. The van der Waals surface area contributed by atoms with Crippen LogP contribution in [0.15, 0.2) is 24.3 Å². The zero-order chi connectivity index (χ0) is 15.9. The number of amides is 2. The summed E-state index contributed by atoms with van der Waals surface area (Å²) < 4.78 is 5.56. The molecule has 0 atom stereocenters. The first kappa shape index (κ1) is 16.3. The minimum absolute atomic E-state index is 0.129. The standard InChI is InChI=1S/C17H24N2O3/c1-12(2)22-15-9-7-13(8-10-15)11-18-16(20)17(21)19-14-5-3-4-6-14/h7-10,12,14H,3-6,11H2,1-2H3,(H,18,20)(H,19,21). The summed E-state index contributed by atoms with van der Waals surface area (Å²) in [7, 11) is 0. The van der Waals surface area contributed by atoms with E-state index in [0.717, 1.165) is 37.0 Å². The lowest BCUT2D eigenvalue weighted by Crippen LogP contribution is -2.43. The predicted octanol–water partition coefficient (Wildman–Crippen LogP) is 2.15. The maximum Gasteiger partial charge on any atom is 0.309 e. The molecule has 2 N–H and O–H groups in total. The second kappa shape index (κ2) is 7.82. The molecule has 0 spiro atoms. The SMILES string of the molecule is CC(C)Oc1ccc(CNC(=O)C(=O)NC2CCCC2)cc1. The van der Waals surface area contributed by atoms with Crippen LogP contribution in [0.25, 0.3) is 0 Å². The van der Waals surface area contributed by atoms with Crippen LogP contribution in [-0.4, -0.2) is 24.0 Å². The van der Waals surface area contributed by atoms with E-state index in [9.17, 15) is 9.59 Å². The molecule has 120 valence electrons. The Morgan fingerprint density at radius 2 is 1.77 bits per heavy atom. The van der Waals surface area contributed by atoms with Crippen molar-refractivity contribution in [1.82, 2.24) is 10.6 Å². The van der Waals surface area contributed by atoms with Gasteiger partial charge in [-0.3, -0.25) is 9.59 Å². The second-order valence-corrected chi connectivity index (χ2v) is 5.95. The van der Waals surface area contributed by atoms with E-state index in [2.05, 4.69) is 10.6 Å². The van der Waals surface area contributed by atoms with Gasteiger partial charge in [0, 0.05) is 12.6 Å². The quantitative estimate of drug-likeness (QED) is 0.819. The van der Waals surface area contributed by atoms with E-state index in [0.29, 0.717) is 6.54 Å². The molecular formula is C17H24N2O3. The van der Waals surface area contributed by atoms with Gasteiger partial charge in [-0.05, 0) is 44.4 Å². The third kappa shape index (κ3) is 5.06. The minimum atomic E-state index is -0.575. The Kier molecular flexibility index (Phi) is 5.81. The molecule has 0 unspecified atom stereocenters. The van der Waals surface area contributed by atoms with Crippen LogP contribution in [0.1, 0.15) is 45.1 Å². The van der Waals surface area contributed by atoms with Crippen molar-refractivity contribution < 1.29 is 14.3 Å². The molecular weight excluding hydrogens is 280 g/mol. The molecule has 2 rings (SSSR count). The van der Waals surface area contributed by atoms with E-state index in [1.807, 2.05) is 38.1 Å². The van der Waals surface area contributed by atoms with Crippen LogP contribution in [-0.2, 0) is 16.1 Å². The van der Waals surface area contributed by atoms with Crippen LogP contribution < -0.4 is 15.4 Å². The van der Waals surface area contributed by atoms with Gasteiger partial charge in [0.05, 0.1) is 6.10 Å². The van der Waals surface area contributed by atoms with Crippen molar-refractivity contribution in [2.75, 3.05) is 0 Å². The maximum absolute atomic E-state index is 11.8. The molecule has 1 aromatic carbocycles. The molecule has 0 bridgehead atoms. The Morgan fingerprint density at radius 3 is 2.36 bits per heavy atom. The summed E-state index contributed by atoms with van der Waals surface area (Å²) >= 11 is 0. The van der Waals surface area contributed by atoms with Crippen molar-refractivity contribution in [2.45, 2.75) is 58.2 Å². The molecule has 1 saturated carbocycles. The number of carbonyl (C=O) groups excluding carboxylic acids is 2. The van der Waals surface area contributed by atoms with Gasteiger partial charge >= 0.3 is 11.8 Å². The van der Waals surface area contributed by atoms with E-state index < -0.39 is 11.8 Å². The largest absolute Gasteiger partial charge is 0.491 e. The van der Waals surface area contributed by atoms with Crippen molar-refractivity contribution >= 4 is 11.8 Å². The highest BCUT2D eigenvalue weighted by Gasteiger charge is 2.21. The Labute approximate surface area is 131 Å². The van der Waals surface area contributed by atoms with Crippen molar-refractivity contribution in [3.63, 3.8) is 0 Å². The zero-order valence-corrected chi connectivity index (χ0v) is 13.2. The smallest absolute Gasteiger partial charge is 0.309 e. The van der Waals surface area contributed by atoms with Gasteiger partial charge in [-0.2, -0.15) is 0 Å². The molecule has 22 heavy (non-hydrogen) atoms. The van der Waals surface area contributed by atoms with Crippen molar-refractivity contribution in [3.8, 4) is 5.75 Å². The number of hydrogen-bond acceptors (Lipinski definition) is 3. The van der Waals surface area contributed by atoms with Gasteiger partial charge in [0.2, 0.25) is 0 Å². The lowest BCUT2D eigenvalue weighted by Gasteiger charge is -2.12. The Morgan fingerprint density at radius 1 is 1.14 bits per heavy atom. The highest BCUT2D eigenvalue weighted by atomic mass is 16.5. The molecule has 1 aliphatic rings. The van der Waals surface area contributed by atoms with Gasteiger partial charge in [-0.15, -0.1) is 0 Å². The highest BCUT2D eigenvalue weighted by molar-refractivity contribution is 6.35. The Hall–Kier alpha value is -2.04. The number of hydrogen-bond donors (Lipinski definition) is 2. The van der Waals surface area contributed by atoms with Crippen LogP contribution in [0, 0.1) is 0 Å². The molecule has 1 aromatic rings. The Balaban J connectivity index is 1.76. The molecule has 0 radical (unpaired) electrons. The molecule has 0 saturated heterocycles. The van der Waals surface area contributed by atoms with E-state index in [1.54, 1.807) is 0 Å². The van der Waals surface area contributed by atoms with Crippen LogP contribution >= 0.6 is 0 Å². The summed E-state index contributed by atoms with van der Waals surface area (Å²) in [6.45, 7) is 4.27. The number of carbonyl (C=O) groups is 2. The van der Waals surface area contributed by atoms with Crippen LogP contribution in [0.4, 0.5) is 0 Å². The Bertz CT molecular complexity index is 505. The summed E-state index contributed by atoms with van der Waals surface area (Å²) in [5.41, 5.74) is 0.929.